The van der Waals surface area contributed by atoms with E-state index in [1.807, 2.05) is 29.2 Å². The molecule has 212 valence electrons. The number of hydrogen-bond acceptors (Lipinski definition) is 4. The predicted octanol–water partition coefficient (Wildman–Crippen LogP) is 5.71. The number of piperidine rings is 1. The maximum Gasteiger partial charge on any atom is 0.250 e. The fourth-order valence-corrected chi connectivity index (χ4v) is 7.30. The molecule has 3 aliphatic rings. The third-order valence-corrected chi connectivity index (χ3v) is 9.93. The molecule has 3 fully saturated rings. The van der Waals surface area contributed by atoms with Gasteiger partial charge in [-0.3, -0.25) is 9.59 Å². The lowest BCUT2D eigenvalue weighted by Crippen LogP contribution is -2.64. The third kappa shape index (κ3) is 4.58. The van der Waals surface area contributed by atoms with E-state index in [1.165, 1.54) is 16.6 Å². The smallest absolute Gasteiger partial charge is 0.250 e. The minimum atomic E-state index is -0.837. The van der Waals surface area contributed by atoms with Crippen molar-refractivity contribution in [2.45, 2.75) is 70.4 Å². The summed E-state index contributed by atoms with van der Waals surface area (Å²) in [4.78, 5) is 36.4. The van der Waals surface area contributed by atoms with Crippen molar-refractivity contribution in [1.82, 2.24) is 14.8 Å². The summed E-state index contributed by atoms with van der Waals surface area (Å²) in [7, 11) is 3.72. The fourth-order valence-electron chi connectivity index (χ4n) is 7.30. The molecule has 1 aromatic heterocycles. The molecule has 3 aromatic rings. The lowest BCUT2D eigenvalue weighted by molar-refractivity contribution is -0.150. The number of benzene rings is 2. The number of aryl methyl sites for hydroxylation is 1. The van der Waals surface area contributed by atoms with Crippen LogP contribution >= 0.6 is 0 Å². The molecule has 2 N–H and O–H groups in total. The Balaban J connectivity index is 1.27. The van der Waals surface area contributed by atoms with Crippen LogP contribution in [0.2, 0.25) is 0 Å². The Morgan fingerprint density at radius 3 is 2.40 bits per heavy atom. The molecule has 1 saturated heterocycles. The molecular formula is C33H42N4O3. The molecule has 2 heterocycles. The lowest BCUT2D eigenvalue weighted by atomic mass is 9.83. The van der Waals surface area contributed by atoms with E-state index < -0.39 is 5.54 Å². The van der Waals surface area contributed by atoms with E-state index in [2.05, 4.69) is 67.3 Å². The van der Waals surface area contributed by atoms with Crippen LogP contribution in [0.3, 0.4) is 0 Å². The Bertz CT molecular complexity index is 1410. The third-order valence-electron chi connectivity index (χ3n) is 9.93. The molecular weight excluding hydrogens is 500 g/mol. The van der Waals surface area contributed by atoms with Crippen molar-refractivity contribution >= 4 is 28.4 Å². The Morgan fingerprint density at radius 1 is 1.07 bits per heavy atom. The van der Waals surface area contributed by atoms with Gasteiger partial charge < -0.3 is 24.8 Å². The number of hydrogen-bond donors (Lipinski definition) is 2. The molecule has 0 radical (unpaired) electrons. The second-order valence-corrected chi connectivity index (χ2v) is 12.8. The first-order valence-electron chi connectivity index (χ1n) is 14.7. The number of carbonyl (C=O) groups is 2. The van der Waals surface area contributed by atoms with Gasteiger partial charge >= 0.3 is 0 Å². The fraction of sp³-hybridized carbons (Fsp3) is 0.515. The maximum atomic E-state index is 14.4. The minimum Gasteiger partial charge on any atom is -0.497 e. The van der Waals surface area contributed by atoms with Crippen LogP contribution in [-0.4, -0.2) is 65.4 Å². The van der Waals surface area contributed by atoms with E-state index in [9.17, 15) is 9.59 Å². The van der Waals surface area contributed by atoms with Gasteiger partial charge in [0, 0.05) is 47.8 Å². The van der Waals surface area contributed by atoms with Crippen LogP contribution in [0, 0.1) is 18.3 Å². The van der Waals surface area contributed by atoms with Crippen molar-refractivity contribution in [1.29, 1.82) is 0 Å². The summed E-state index contributed by atoms with van der Waals surface area (Å²) >= 11 is 0. The topological polar surface area (TPSA) is 77.7 Å². The summed E-state index contributed by atoms with van der Waals surface area (Å²) < 4.78 is 5.28. The number of carbonyl (C=O) groups excluding carboxylic acids is 2. The largest absolute Gasteiger partial charge is 0.497 e. The number of methoxy groups -OCH3 is 1. The summed E-state index contributed by atoms with van der Waals surface area (Å²) in [5.41, 5.74) is 3.61. The van der Waals surface area contributed by atoms with Crippen LogP contribution in [0.4, 0.5) is 5.69 Å². The number of likely N-dealkylation sites (tertiary alicyclic amines) is 1. The van der Waals surface area contributed by atoms with Crippen molar-refractivity contribution in [2.24, 2.45) is 11.3 Å². The van der Waals surface area contributed by atoms with Gasteiger partial charge in [0.2, 0.25) is 11.8 Å². The van der Waals surface area contributed by atoms with Crippen molar-refractivity contribution < 1.29 is 14.3 Å². The quantitative estimate of drug-likeness (QED) is 0.382. The van der Waals surface area contributed by atoms with E-state index >= 15 is 0 Å². The van der Waals surface area contributed by atoms with Gasteiger partial charge in [0.25, 0.3) is 0 Å². The standard InChI is InChI=1S/C33H42N4O3/c1-21-29(25-8-6-7-9-27(25)34-21)30-26(32(30,2)3)20-28(38)37(23-12-13-23)33(16-18-36(4)19-17-33)31(39)35-22-10-14-24(40-5)15-11-22/h6-11,14-15,23,26,30,34H,12-13,16-20H2,1-5H3,(H,35,39)/t26-,30+/m0/s1. The Kier molecular flexibility index (Phi) is 6.68. The zero-order valence-corrected chi connectivity index (χ0v) is 24.4. The molecule has 0 spiro atoms. The Morgan fingerprint density at radius 2 is 1.75 bits per heavy atom. The second kappa shape index (κ2) is 9.95. The molecule has 2 aliphatic carbocycles. The van der Waals surface area contributed by atoms with E-state index in [1.54, 1.807) is 7.11 Å². The molecule has 1 aliphatic heterocycles. The number of anilines is 1. The van der Waals surface area contributed by atoms with Gasteiger partial charge in [-0.2, -0.15) is 0 Å². The first-order valence-corrected chi connectivity index (χ1v) is 14.7. The number of H-pyrrole nitrogens is 1. The van der Waals surface area contributed by atoms with Gasteiger partial charge in [-0.05, 0) is 92.8 Å². The first-order chi connectivity index (χ1) is 19.2. The van der Waals surface area contributed by atoms with Crippen LogP contribution in [0.15, 0.2) is 48.5 Å². The van der Waals surface area contributed by atoms with Crippen LogP contribution in [0.1, 0.15) is 63.1 Å². The highest BCUT2D eigenvalue weighted by Gasteiger charge is 2.61. The van der Waals surface area contributed by atoms with E-state index in [4.69, 9.17) is 4.74 Å². The number of fused-ring (bicyclic) bond motifs is 1. The molecule has 40 heavy (non-hydrogen) atoms. The van der Waals surface area contributed by atoms with Gasteiger partial charge in [-0.25, -0.2) is 0 Å². The highest BCUT2D eigenvalue weighted by atomic mass is 16.5. The van der Waals surface area contributed by atoms with Crippen LogP contribution < -0.4 is 10.1 Å². The Labute approximate surface area is 237 Å². The number of para-hydroxylation sites is 1. The molecule has 7 nitrogen and oxygen atoms in total. The number of amides is 2. The number of nitrogens with one attached hydrogen (secondary N) is 2. The molecule has 2 aromatic carbocycles. The van der Waals surface area contributed by atoms with Crippen LogP contribution in [-0.2, 0) is 9.59 Å². The van der Waals surface area contributed by atoms with Gasteiger partial charge in [0.05, 0.1) is 7.11 Å². The summed E-state index contributed by atoms with van der Waals surface area (Å²) in [5.74, 6) is 1.37. The number of aromatic nitrogens is 1. The summed E-state index contributed by atoms with van der Waals surface area (Å²) in [6.45, 7) is 8.31. The average molecular weight is 543 g/mol. The molecule has 2 atom stereocenters. The maximum absolute atomic E-state index is 14.4. The van der Waals surface area contributed by atoms with E-state index in [-0.39, 0.29) is 29.2 Å². The van der Waals surface area contributed by atoms with Crippen molar-refractivity contribution in [3.63, 3.8) is 0 Å². The molecule has 6 rings (SSSR count). The zero-order chi connectivity index (χ0) is 28.2. The van der Waals surface area contributed by atoms with Crippen molar-refractivity contribution in [3.8, 4) is 5.75 Å². The van der Waals surface area contributed by atoms with Gasteiger partial charge in [-0.15, -0.1) is 0 Å². The first kappa shape index (κ1) is 26.9. The minimum absolute atomic E-state index is 0.0197. The molecule has 2 saturated carbocycles. The highest BCUT2D eigenvalue weighted by molar-refractivity contribution is 6.01. The van der Waals surface area contributed by atoms with Crippen LogP contribution in [0.5, 0.6) is 5.75 Å². The molecule has 2 amide bonds. The molecule has 7 heteroatoms. The number of aromatic amines is 1. The monoisotopic (exact) mass is 542 g/mol. The normalized spacial score (nSPS) is 23.5. The van der Waals surface area contributed by atoms with E-state index in [0.29, 0.717) is 25.2 Å². The van der Waals surface area contributed by atoms with Gasteiger partial charge in [-0.1, -0.05) is 32.0 Å². The summed E-state index contributed by atoms with van der Waals surface area (Å²) in [6.07, 6.45) is 3.70. The molecule has 0 unspecified atom stereocenters. The molecule has 0 bridgehead atoms. The summed E-state index contributed by atoms with van der Waals surface area (Å²) in [5, 5.41) is 4.43. The van der Waals surface area contributed by atoms with Crippen molar-refractivity contribution in [3.05, 3.63) is 59.8 Å². The van der Waals surface area contributed by atoms with E-state index in [0.717, 1.165) is 42.9 Å². The van der Waals surface area contributed by atoms with Gasteiger partial charge in [0.15, 0.2) is 0 Å². The SMILES string of the molecule is COc1ccc(NC(=O)C2(N(C(=O)C[C@H]3[C@H](c4c(C)[nH]c5ccccc45)C3(C)C)C3CC3)CCN(C)CC2)cc1. The Hall–Kier alpha value is -3.32. The highest BCUT2D eigenvalue weighted by Crippen LogP contribution is 2.67. The average Bonchev–Trinajstić information content (AvgIpc) is 3.82. The summed E-state index contributed by atoms with van der Waals surface area (Å²) in [6, 6.07) is 16.0. The number of ether oxygens (including phenoxy) is 1. The van der Waals surface area contributed by atoms with Crippen LogP contribution in [0.25, 0.3) is 10.9 Å². The second-order valence-electron chi connectivity index (χ2n) is 12.8. The van der Waals surface area contributed by atoms with Crippen molar-refractivity contribution in [2.75, 3.05) is 32.6 Å². The number of nitrogens with zero attached hydrogens (tertiary/aromatic N) is 2. The van der Waals surface area contributed by atoms with Gasteiger partial charge in [0.1, 0.15) is 11.3 Å². The zero-order valence-electron chi connectivity index (χ0n) is 24.4. The number of rotatable bonds is 8. The predicted molar refractivity (Wildman–Crippen MR) is 159 cm³/mol. The lowest BCUT2D eigenvalue weighted by Gasteiger charge is -2.47.